The van der Waals surface area contributed by atoms with Gasteiger partial charge < -0.3 is 10.1 Å². The minimum Gasteiger partial charge on any atom is -0.481 e. The highest BCUT2D eigenvalue weighted by molar-refractivity contribution is 6.40. The molecular formula is C15H20Cl3NO2. The van der Waals surface area contributed by atoms with Crippen LogP contribution < -0.4 is 10.1 Å². The molecule has 0 fully saturated rings. The Morgan fingerprint density at radius 2 is 1.86 bits per heavy atom. The smallest absolute Gasteiger partial charge is 0.257 e. The highest BCUT2D eigenvalue weighted by Crippen LogP contribution is 2.35. The van der Waals surface area contributed by atoms with Gasteiger partial charge in [0.1, 0.15) is 0 Å². The molecule has 6 heteroatoms. The molecule has 0 aliphatic rings. The van der Waals surface area contributed by atoms with Crippen LogP contribution in [-0.2, 0) is 4.79 Å². The number of carbonyl (C=O) groups excluding carboxylic acids is 1. The SMILES string of the molecule is CCC[C@H](CC)CNC(=O)COc1c(Cl)cc(Cl)cc1Cl. The number of carbonyl (C=O) groups is 1. The second kappa shape index (κ2) is 9.39. The fraction of sp³-hybridized carbons (Fsp3) is 0.533. The lowest BCUT2D eigenvalue weighted by Gasteiger charge is -2.15. The highest BCUT2D eigenvalue weighted by atomic mass is 35.5. The van der Waals surface area contributed by atoms with E-state index in [1.165, 1.54) is 12.1 Å². The number of halogens is 3. The van der Waals surface area contributed by atoms with Gasteiger partial charge in [0.2, 0.25) is 0 Å². The summed E-state index contributed by atoms with van der Waals surface area (Å²) in [6.45, 7) is 4.80. The zero-order valence-electron chi connectivity index (χ0n) is 12.2. The van der Waals surface area contributed by atoms with Gasteiger partial charge in [-0.25, -0.2) is 0 Å². The lowest BCUT2D eigenvalue weighted by molar-refractivity contribution is -0.123. The number of benzene rings is 1. The van der Waals surface area contributed by atoms with Gasteiger partial charge in [0, 0.05) is 11.6 Å². The van der Waals surface area contributed by atoms with E-state index in [-0.39, 0.29) is 28.3 Å². The van der Waals surface area contributed by atoms with Gasteiger partial charge in [-0.2, -0.15) is 0 Å². The van der Waals surface area contributed by atoms with Crippen LogP contribution in [-0.4, -0.2) is 19.1 Å². The molecule has 0 saturated carbocycles. The van der Waals surface area contributed by atoms with Crippen LogP contribution in [0.3, 0.4) is 0 Å². The van der Waals surface area contributed by atoms with Crippen molar-refractivity contribution in [2.24, 2.45) is 5.92 Å². The minimum absolute atomic E-state index is 0.121. The van der Waals surface area contributed by atoms with Crippen molar-refractivity contribution in [3.05, 3.63) is 27.2 Å². The van der Waals surface area contributed by atoms with Crippen LogP contribution >= 0.6 is 34.8 Å². The van der Waals surface area contributed by atoms with Gasteiger partial charge in [-0.1, -0.05) is 61.5 Å². The van der Waals surface area contributed by atoms with Crippen molar-refractivity contribution < 1.29 is 9.53 Å². The average Bonchev–Trinajstić information content (AvgIpc) is 2.42. The van der Waals surface area contributed by atoms with Gasteiger partial charge >= 0.3 is 0 Å². The van der Waals surface area contributed by atoms with Crippen molar-refractivity contribution in [3.8, 4) is 5.75 Å². The lowest BCUT2D eigenvalue weighted by atomic mass is 10.0. The molecule has 1 aromatic rings. The van der Waals surface area contributed by atoms with Gasteiger partial charge in [0.15, 0.2) is 12.4 Å². The van der Waals surface area contributed by atoms with Crippen LogP contribution in [0.5, 0.6) is 5.75 Å². The Morgan fingerprint density at radius 1 is 1.24 bits per heavy atom. The Morgan fingerprint density at radius 3 is 2.38 bits per heavy atom. The maximum Gasteiger partial charge on any atom is 0.257 e. The number of hydrogen-bond acceptors (Lipinski definition) is 2. The summed E-state index contributed by atoms with van der Waals surface area (Å²) in [7, 11) is 0. The van der Waals surface area contributed by atoms with E-state index in [9.17, 15) is 4.79 Å². The van der Waals surface area contributed by atoms with Crippen LogP contribution in [0, 0.1) is 5.92 Å². The van der Waals surface area contributed by atoms with Crippen molar-refractivity contribution in [1.29, 1.82) is 0 Å². The van der Waals surface area contributed by atoms with Crippen LogP contribution in [0.15, 0.2) is 12.1 Å². The van der Waals surface area contributed by atoms with E-state index in [4.69, 9.17) is 39.5 Å². The summed E-state index contributed by atoms with van der Waals surface area (Å²) in [6.07, 6.45) is 3.26. The number of ether oxygens (including phenoxy) is 1. The zero-order chi connectivity index (χ0) is 15.8. The Balaban J connectivity index is 2.47. The van der Waals surface area contributed by atoms with E-state index in [0.717, 1.165) is 19.3 Å². The number of nitrogens with one attached hydrogen (secondary N) is 1. The molecule has 0 heterocycles. The molecule has 21 heavy (non-hydrogen) atoms. The first-order valence-electron chi connectivity index (χ1n) is 7.01. The molecule has 0 aliphatic carbocycles. The van der Waals surface area contributed by atoms with E-state index >= 15 is 0 Å². The number of rotatable bonds is 8. The first kappa shape index (κ1) is 18.4. The molecule has 0 aliphatic heterocycles. The van der Waals surface area contributed by atoms with Crippen molar-refractivity contribution in [3.63, 3.8) is 0 Å². The molecule has 0 saturated heterocycles. The molecule has 1 aromatic carbocycles. The van der Waals surface area contributed by atoms with E-state index in [1.807, 2.05) is 0 Å². The van der Waals surface area contributed by atoms with Gasteiger partial charge in [-0.05, 0) is 24.5 Å². The maximum absolute atomic E-state index is 11.8. The molecule has 0 bridgehead atoms. The number of hydrogen-bond donors (Lipinski definition) is 1. The minimum atomic E-state index is -0.188. The van der Waals surface area contributed by atoms with Gasteiger partial charge in [0.05, 0.1) is 10.0 Å². The van der Waals surface area contributed by atoms with Crippen molar-refractivity contribution >= 4 is 40.7 Å². The first-order chi connectivity index (χ1) is 9.97. The molecule has 1 atom stereocenters. The Labute approximate surface area is 140 Å². The third kappa shape index (κ3) is 6.33. The third-order valence-corrected chi connectivity index (χ3v) is 3.95. The molecule has 0 unspecified atom stereocenters. The lowest BCUT2D eigenvalue weighted by Crippen LogP contribution is -2.33. The molecule has 0 aromatic heterocycles. The molecule has 1 amide bonds. The van der Waals surface area contributed by atoms with Crippen molar-refractivity contribution in [2.75, 3.05) is 13.2 Å². The van der Waals surface area contributed by atoms with Gasteiger partial charge in [-0.3, -0.25) is 4.79 Å². The average molecular weight is 353 g/mol. The zero-order valence-corrected chi connectivity index (χ0v) is 14.5. The van der Waals surface area contributed by atoms with E-state index in [2.05, 4.69) is 19.2 Å². The Kier molecular flexibility index (Phi) is 8.23. The molecule has 0 radical (unpaired) electrons. The normalized spacial score (nSPS) is 12.0. The second-order valence-corrected chi connectivity index (χ2v) is 6.11. The molecule has 0 spiro atoms. The molecule has 118 valence electrons. The van der Waals surface area contributed by atoms with Gasteiger partial charge in [-0.15, -0.1) is 0 Å². The number of amides is 1. The first-order valence-corrected chi connectivity index (χ1v) is 8.15. The summed E-state index contributed by atoms with van der Waals surface area (Å²) in [6, 6.07) is 3.05. The monoisotopic (exact) mass is 351 g/mol. The molecule has 1 rings (SSSR count). The van der Waals surface area contributed by atoms with Crippen molar-refractivity contribution in [2.45, 2.75) is 33.1 Å². The fourth-order valence-corrected chi connectivity index (χ4v) is 2.90. The molecule has 3 nitrogen and oxygen atoms in total. The summed E-state index contributed by atoms with van der Waals surface area (Å²) in [5, 5.41) is 3.87. The maximum atomic E-state index is 11.8. The topological polar surface area (TPSA) is 38.3 Å². The van der Waals surface area contributed by atoms with E-state index in [1.54, 1.807) is 0 Å². The van der Waals surface area contributed by atoms with Crippen LogP contribution in [0.1, 0.15) is 33.1 Å². The van der Waals surface area contributed by atoms with Crippen LogP contribution in [0.25, 0.3) is 0 Å². The van der Waals surface area contributed by atoms with Crippen molar-refractivity contribution in [1.82, 2.24) is 5.32 Å². The fourth-order valence-electron chi connectivity index (χ4n) is 1.97. The molecular weight excluding hydrogens is 333 g/mol. The van der Waals surface area contributed by atoms with Crippen LogP contribution in [0.2, 0.25) is 15.1 Å². The highest BCUT2D eigenvalue weighted by Gasteiger charge is 2.12. The standard InChI is InChI=1S/C15H20Cl3NO2/c1-3-5-10(4-2)8-19-14(20)9-21-15-12(17)6-11(16)7-13(15)18/h6-7,10H,3-5,8-9H2,1-2H3,(H,19,20)/t10-/m0/s1. The summed E-state index contributed by atoms with van der Waals surface area (Å²) in [5.74, 6) is 0.590. The quantitative estimate of drug-likeness (QED) is 0.717. The predicted molar refractivity (Wildman–Crippen MR) is 88.7 cm³/mol. The van der Waals surface area contributed by atoms with E-state index < -0.39 is 0 Å². The summed E-state index contributed by atoms with van der Waals surface area (Å²) < 4.78 is 5.38. The summed E-state index contributed by atoms with van der Waals surface area (Å²) >= 11 is 17.8. The Hall–Kier alpha value is -0.640. The molecule has 1 N–H and O–H groups in total. The van der Waals surface area contributed by atoms with E-state index in [0.29, 0.717) is 17.5 Å². The van der Waals surface area contributed by atoms with Crippen LogP contribution in [0.4, 0.5) is 0 Å². The summed E-state index contributed by atoms with van der Waals surface area (Å²) in [4.78, 5) is 11.8. The predicted octanol–water partition coefficient (Wildman–Crippen LogP) is 4.97. The third-order valence-electron chi connectivity index (χ3n) is 3.17. The van der Waals surface area contributed by atoms with Gasteiger partial charge in [0.25, 0.3) is 5.91 Å². The largest absolute Gasteiger partial charge is 0.481 e. The summed E-state index contributed by atoms with van der Waals surface area (Å²) in [5.41, 5.74) is 0. The second-order valence-electron chi connectivity index (χ2n) is 4.85. The Bertz CT molecular complexity index is 457.